The highest BCUT2D eigenvalue weighted by Crippen LogP contribution is 2.48. The molecule has 5 atom stereocenters. The van der Waals surface area contributed by atoms with Gasteiger partial charge in [-0.05, 0) is 78.1 Å². The molecule has 0 spiro atoms. The molecule has 1 radical (unpaired) electrons. The highest BCUT2D eigenvalue weighted by Gasteiger charge is 2.54. The van der Waals surface area contributed by atoms with Crippen LogP contribution in [0.2, 0.25) is 18.1 Å². The summed E-state index contributed by atoms with van der Waals surface area (Å²) in [6.07, 6.45) is 1.26. The van der Waals surface area contributed by atoms with Crippen molar-refractivity contribution in [1.29, 1.82) is 5.26 Å². The molecule has 0 amide bonds. The van der Waals surface area contributed by atoms with Crippen molar-refractivity contribution >= 4 is 25.2 Å². The predicted octanol–water partition coefficient (Wildman–Crippen LogP) is 8.98. The SMILES string of the molecule is [CH2]C(C#N)[C@H]1[C@@H](O[Si](C)(C)C(C)(C)C)[C@H](n2cnc3c(-c4cccc(N)c4)ncnc32)O[C@H]1COC(c1ccccc1)(c1ccc(OC)cc1)c1ccc(OC)cc1. The molecule has 0 aliphatic carbocycles. The smallest absolute Gasteiger partial charge is 0.192 e. The van der Waals surface area contributed by atoms with Crippen molar-refractivity contribution < 1.29 is 23.4 Å². The number of nitriles is 1. The number of anilines is 1. The zero-order chi connectivity index (χ0) is 41.2. The van der Waals surface area contributed by atoms with E-state index in [0.29, 0.717) is 22.5 Å². The Morgan fingerprint density at radius 1 is 0.862 bits per heavy atom. The average Bonchev–Trinajstić information content (AvgIpc) is 3.82. The Bertz CT molecular complexity index is 2330. The molecule has 0 bridgehead atoms. The van der Waals surface area contributed by atoms with Crippen molar-refractivity contribution in [3.05, 3.63) is 139 Å². The van der Waals surface area contributed by atoms with E-state index in [1.54, 1.807) is 20.5 Å². The summed E-state index contributed by atoms with van der Waals surface area (Å²) in [6, 6.07) is 35.9. The van der Waals surface area contributed by atoms with Gasteiger partial charge in [0.25, 0.3) is 0 Å². The van der Waals surface area contributed by atoms with E-state index in [2.05, 4.69) is 64.0 Å². The first kappa shape index (κ1) is 40.6. The Morgan fingerprint density at radius 2 is 1.48 bits per heavy atom. The molecule has 6 aromatic rings. The van der Waals surface area contributed by atoms with E-state index in [0.717, 1.165) is 33.8 Å². The quantitative estimate of drug-likeness (QED) is 0.0685. The number of nitrogens with two attached hydrogens (primary N) is 1. The van der Waals surface area contributed by atoms with Crippen LogP contribution >= 0.6 is 0 Å². The number of nitrogens with zero attached hydrogens (tertiary/aromatic N) is 5. The van der Waals surface area contributed by atoms with Gasteiger partial charge in [0.05, 0.1) is 51.3 Å². The van der Waals surface area contributed by atoms with Gasteiger partial charge in [-0.25, -0.2) is 15.0 Å². The number of benzene rings is 4. The standard InChI is InChI=1S/C46H51N6O5Si/c1-30(26-47)39-38(27-55-46(32-14-10-9-11-15-32,33-17-21-36(53-5)22-18-33)34-19-23-37(54-6)24-20-34)56-44(42(39)57-58(7,8)45(2,3)4)52-29-51-41-40(49-28-50-43(41)52)31-13-12-16-35(48)25-31/h9-25,28-30,38-39,42,44H,1,27,48H2,2-8H3/t30?,38-,39+,42+,44+/m0/s1. The van der Waals surface area contributed by atoms with Crippen molar-refractivity contribution in [2.75, 3.05) is 26.6 Å². The summed E-state index contributed by atoms with van der Waals surface area (Å²) in [5, 5.41) is 10.4. The number of hydrogen-bond acceptors (Lipinski definition) is 10. The van der Waals surface area contributed by atoms with E-state index in [-0.39, 0.29) is 11.6 Å². The molecule has 0 saturated carbocycles. The van der Waals surface area contributed by atoms with Crippen LogP contribution in [0, 0.1) is 30.1 Å². The Morgan fingerprint density at radius 3 is 2.05 bits per heavy atom. The summed E-state index contributed by atoms with van der Waals surface area (Å²) < 4.78 is 34.9. The van der Waals surface area contributed by atoms with Crippen LogP contribution in [0.3, 0.4) is 0 Å². The molecule has 7 rings (SSSR count). The second kappa shape index (κ2) is 16.3. The molecule has 1 aliphatic rings. The zero-order valence-electron chi connectivity index (χ0n) is 34.1. The molecule has 4 aromatic carbocycles. The van der Waals surface area contributed by atoms with Crippen LogP contribution in [0.5, 0.6) is 11.5 Å². The van der Waals surface area contributed by atoms with Gasteiger partial charge >= 0.3 is 0 Å². The molecule has 1 unspecified atom stereocenters. The van der Waals surface area contributed by atoms with Gasteiger partial charge in [-0.2, -0.15) is 5.26 Å². The maximum absolute atomic E-state index is 10.6. The zero-order valence-corrected chi connectivity index (χ0v) is 35.1. The molecule has 12 heteroatoms. The molecule has 2 N–H and O–H groups in total. The topological polar surface area (TPSA) is 140 Å². The number of fused-ring (bicyclic) bond motifs is 1. The van der Waals surface area contributed by atoms with Gasteiger partial charge in [0.15, 0.2) is 20.2 Å². The third kappa shape index (κ3) is 7.58. The molecule has 3 heterocycles. The normalized spacial score (nSPS) is 19.2. The van der Waals surface area contributed by atoms with Gasteiger partial charge in [0.1, 0.15) is 34.6 Å². The summed E-state index contributed by atoms with van der Waals surface area (Å²) in [5.74, 6) is 0.222. The molecule has 1 fully saturated rings. The van der Waals surface area contributed by atoms with E-state index in [4.69, 9.17) is 39.1 Å². The van der Waals surface area contributed by atoms with Gasteiger partial charge in [-0.3, -0.25) is 4.57 Å². The second-order valence-electron chi connectivity index (χ2n) is 16.2. The minimum atomic E-state index is -2.49. The molecule has 11 nitrogen and oxygen atoms in total. The lowest BCUT2D eigenvalue weighted by atomic mass is 9.79. The third-order valence-electron chi connectivity index (χ3n) is 11.7. The summed E-state index contributed by atoms with van der Waals surface area (Å²) in [5.41, 5.74) is 10.9. The highest BCUT2D eigenvalue weighted by atomic mass is 28.4. The summed E-state index contributed by atoms with van der Waals surface area (Å²) >= 11 is 0. The third-order valence-corrected chi connectivity index (χ3v) is 16.2. The summed E-state index contributed by atoms with van der Waals surface area (Å²) in [7, 11) is 0.804. The Balaban J connectivity index is 1.37. The summed E-state index contributed by atoms with van der Waals surface area (Å²) in [6.45, 7) is 15.5. The van der Waals surface area contributed by atoms with Gasteiger partial charge < -0.3 is 29.1 Å². The minimum absolute atomic E-state index is 0.0787. The lowest BCUT2D eigenvalue weighted by Crippen LogP contribution is -2.48. The van der Waals surface area contributed by atoms with Crippen molar-refractivity contribution in [2.24, 2.45) is 11.8 Å². The molecule has 1 saturated heterocycles. The first-order valence-electron chi connectivity index (χ1n) is 19.4. The predicted molar refractivity (Wildman–Crippen MR) is 227 cm³/mol. The minimum Gasteiger partial charge on any atom is -0.497 e. The van der Waals surface area contributed by atoms with E-state index >= 15 is 0 Å². The number of imidazole rings is 1. The van der Waals surface area contributed by atoms with Crippen LogP contribution in [0.1, 0.15) is 43.7 Å². The number of methoxy groups -OCH3 is 2. The first-order valence-corrected chi connectivity index (χ1v) is 22.3. The van der Waals surface area contributed by atoms with Crippen LogP contribution in [-0.4, -0.2) is 60.9 Å². The number of rotatable bonds is 13. The largest absolute Gasteiger partial charge is 0.497 e. The molecular formula is C46H51N6O5Si. The van der Waals surface area contributed by atoms with Gasteiger partial charge in [0, 0.05) is 17.2 Å². The summed E-state index contributed by atoms with van der Waals surface area (Å²) in [4.78, 5) is 14.2. The van der Waals surface area contributed by atoms with Crippen LogP contribution in [0.25, 0.3) is 22.4 Å². The van der Waals surface area contributed by atoms with Crippen LogP contribution in [0.15, 0.2) is 116 Å². The maximum Gasteiger partial charge on any atom is 0.192 e. The number of ether oxygens (including phenoxy) is 4. The van der Waals surface area contributed by atoms with E-state index in [9.17, 15) is 5.26 Å². The van der Waals surface area contributed by atoms with Gasteiger partial charge in [-0.15, -0.1) is 0 Å². The van der Waals surface area contributed by atoms with Crippen LogP contribution in [-0.2, 0) is 19.5 Å². The van der Waals surface area contributed by atoms with Crippen molar-refractivity contribution in [1.82, 2.24) is 19.5 Å². The lowest BCUT2D eigenvalue weighted by Gasteiger charge is -2.41. The fourth-order valence-corrected chi connectivity index (χ4v) is 8.88. The van der Waals surface area contributed by atoms with Crippen molar-refractivity contribution in [2.45, 2.75) is 62.9 Å². The van der Waals surface area contributed by atoms with Crippen LogP contribution < -0.4 is 15.2 Å². The maximum atomic E-state index is 10.6. The molecule has 2 aromatic heterocycles. The van der Waals surface area contributed by atoms with Gasteiger partial charge in [0.2, 0.25) is 0 Å². The van der Waals surface area contributed by atoms with Crippen LogP contribution in [0.4, 0.5) is 5.69 Å². The Kier molecular flexibility index (Phi) is 11.4. The molecular weight excluding hydrogens is 745 g/mol. The van der Waals surface area contributed by atoms with Crippen molar-refractivity contribution in [3.63, 3.8) is 0 Å². The first-order chi connectivity index (χ1) is 27.8. The van der Waals surface area contributed by atoms with Gasteiger partial charge in [-0.1, -0.05) is 87.5 Å². The Labute approximate surface area is 341 Å². The molecule has 1 aliphatic heterocycles. The molecule has 299 valence electrons. The fourth-order valence-electron chi connectivity index (χ4n) is 7.57. The number of hydrogen-bond donors (Lipinski definition) is 1. The number of nitrogen functional groups attached to an aromatic ring is 1. The highest BCUT2D eigenvalue weighted by molar-refractivity contribution is 6.74. The van der Waals surface area contributed by atoms with E-state index in [1.807, 2.05) is 95.6 Å². The van der Waals surface area contributed by atoms with E-state index in [1.165, 1.54) is 6.33 Å². The fraction of sp³-hybridized carbons (Fsp3) is 0.326. The second-order valence-corrected chi connectivity index (χ2v) is 21.0. The van der Waals surface area contributed by atoms with E-state index < -0.39 is 44.2 Å². The molecule has 58 heavy (non-hydrogen) atoms. The average molecular weight is 796 g/mol. The Hall–Kier alpha value is -5.58. The van der Waals surface area contributed by atoms with Crippen molar-refractivity contribution in [3.8, 4) is 28.8 Å². The monoisotopic (exact) mass is 795 g/mol. The lowest BCUT2D eigenvalue weighted by molar-refractivity contribution is -0.0885. The number of aromatic nitrogens is 4.